The molecule has 4 aromatic heterocycles. The van der Waals surface area contributed by atoms with Crippen molar-refractivity contribution in [2.45, 2.75) is 64.2 Å². The van der Waals surface area contributed by atoms with Crippen molar-refractivity contribution in [1.82, 2.24) is 19.9 Å². The molecule has 0 spiro atoms. The molecule has 0 saturated heterocycles. The minimum Gasteiger partial charge on any atom is -0.308 e. The van der Waals surface area contributed by atoms with Gasteiger partial charge in [-0.15, -0.1) is 22.7 Å². The maximum atomic E-state index is 5.21. The lowest BCUT2D eigenvalue weighted by atomic mass is 9.69. The number of thiophene rings is 2. The molecule has 0 bridgehead atoms. The number of hydrogen-bond donors (Lipinski definition) is 0. The Hall–Kier alpha value is -7.69. The number of hydrogen-bond acceptors (Lipinski definition) is 8. The molecule has 6 nitrogen and oxygen atoms in total. The molecule has 0 fully saturated rings. The molecule has 10 aromatic carbocycles. The first kappa shape index (κ1) is 55.2. The molecule has 0 saturated carbocycles. The third-order valence-electron chi connectivity index (χ3n) is 17.6. The van der Waals surface area contributed by atoms with Crippen LogP contribution in [0.25, 0.3) is 62.9 Å². The second-order valence-corrected chi connectivity index (χ2v) is 27.4. The first-order valence-electron chi connectivity index (χ1n) is 28.5. The molecule has 3 aliphatic rings. The van der Waals surface area contributed by atoms with Crippen LogP contribution in [0.5, 0.6) is 0 Å². The standard InChI is InChI=1S/C44H34N4S.C16H16.C14H6Br2N2S.H3P.H2/c1-43(2)28-15-5-11-21-34(28)47(35-22-12-6-16-29(35)43)38-25-27-40(49-42-41(27)45-32-19-9-10-20-33(32)46-42)26-39(38)48-36-23-13-7-17-30(36)44(3,4)31-18-8-14-24-37(31)48;1-16(2)14-9-5-3-7-12(14)11-13-8-4-6-10-15(13)16;15-8-5-7-12(6-9(8)16)19-14-13(7)17-10-3-1-2-4-11(10)18-14;;/h5-26H,1-4H3;3-10H,11H2,1-2H3;1-6H;1H3;1H/i;;;;1+2. The molecule has 2 aliphatic heterocycles. The quantitative estimate of drug-likeness (QED) is 0.161. The summed E-state index contributed by atoms with van der Waals surface area (Å²) in [4.78, 5) is 26.7. The van der Waals surface area contributed by atoms with Gasteiger partial charge in [0.1, 0.15) is 20.7 Å². The first-order valence-corrected chi connectivity index (χ1v) is 31.7. The molecule has 85 heavy (non-hydrogen) atoms. The predicted octanol–water partition coefficient (Wildman–Crippen LogP) is 22.0. The Balaban J connectivity index is 0.000000151. The summed E-state index contributed by atoms with van der Waals surface area (Å²) in [6.07, 6.45) is 1.08. The molecule has 418 valence electrons. The molecule has 1 atom stereocenters. The smallest absolute Gasteiger partial charge is 0.143 e. The SMILES string of the molecule is Brc1cc2sc3nc4ccccc4nc3c2cc1Br.CC1(C)c2ccccc2Cc2ccccc21.CC1(C)c2ccccc2N(c2cc3sc4nc5ccccc5nc4c3cc2N2c3ccccc3C(C)(C)c3ccccc32)c2ccccc21.P.[3HH]. The van der Waals surface area contributed by atoms with Crippen LogP contribution < -0.4 is 9.80 Å². The zero-order valence-corrected chi connectivity index (χ0v) is 54.2. The lowest BCUT2D eigenvalue weighted by Gasteiger charge is -2.45. The number of fused-ring (bicyclic) bond motifs is 14. The van der Waals surface area contributed by atoms with Crippen LogP contribution in [0, 0.1) is 0 Å². The van der Waals surface area contributed by atoms with E-state index in [9.17, 15) is 0 Å². The van der Waals surface area contributed by atoms with Gasteiger partial charge in [-0.3, -0.25) is 0 Å². The summed E-state index contributed by atoms with van der Waals surface area (Å²) >= 11 is 10.5. The van der Waals surface area contributed by atoms with E-state index >= 15 is 0 Å². The highest BCUT2D eigenvalue weighted by molar-refractivity contribution is 9.13. The normalized spacial score (nSPS) is 14.7. The van der Waals surface area contributed by atoms with Gasteiger partial charge in [0.05, 0.1) is 56.2 Å². The highest BCUT2D eigenvalue weighted by Gasteiger charge is 2.41. The molecule has 6 heterocycles. The third-order valence-corrected chi connectivity index (χ3v) is 21.5. The van der Waals surface area contributed by atoms with Gasteiger partial charge in [0.15, 0.2) is 0 Å². The molecule has 14 aromatic rings. The van der Waals surface area contributed by atoms with Crippen LogP contribution in [-0.4, -0.2) is 19.9 Å². The number of halogens is 2. The summed E-state index contributed by atoms with van der Waals surface area (Å²) in [7, 11) is 0. The molecular weight excluding hydrogens is 1230 g/mol. The minimum absolute atomic E-state index is 0. The van der Waals surface area contributed by atoms with E-state index in [4.69, 9.17) is 19.9 Å². The zero-order chi connectivity index (χ0) is 57.2. The van der Waals surface area contributed by atoms with E-state index < -0.39 is 0 Å². The number of aromatic nitrogens is 4. The third kappa shape index (κ3) is 9.01. The van der Waals surface area contributed by atoms with Crippen molar-refractivity contribution in [3.05, 3.63) is 272 Å². The summed E-state index contributed by atoms with van der Waals surface area (Å²) < 4.78 is 4.45. The lowest BCUT2D eigenvalue weighted by molar-refractivity contribution is 0.610. The number of rotatable bonds is 2. The average Bonchev–Trinajstić information content (AvgIpc) is 0.943. The van der Waals surface area contributed by atoms with Crippen LogP contribution in [0.3, 0.4) is 0 Å². The van der Waals surface area contributed by atoms with E-state index in [-0.39, 0.29) is 27.6 Å². The fraction of sp³-hybridized carbons (Fsp3) is 0.135. The minimum atomic E-state index is -0.165. The second kappa shape index (κ2) is 21.1. The van der Waals surface area contributed by atoms with E-state index in [0.29, 0.717) is 0 Å². The average molecular weight is 1290 g/mol. The molecule has 0 N–H and O–H groups in total. The van der Waals surface area contributed by atoms with Crippen LogP contribution in [-0.2, 0) is 22.7 Å². The molecule has 1 unspecified atom stereocenters. The van der Waals surface area contributed by atoms with E-state index in [2.05, 4.69) is 265 Å². The van der Waals surface area contributed by atoms with Crippen molar-refractivity contribution in [3.8, 4) is 0 Å². The van der Waals surface area contributed by atoms with Gasteiger partial charge in [-0.1, -0.05) is 187 Å². The van der Waals surface area contributed by atoms with Crippen LogP contribution in [0.4, 0.5) is 34.1 Å². The fourth-order valence-corrected chi connectivity index (χ4v) is 16.4. The first-order chi connectivity index (χ1) is 40.7. The number of benzene rings is 10. The van der Waals surface area contributed by atoms with Gasteiger partial charge >= 0.3 is 0 Å². The molecule has 17 rings (SSSR count). The summed E-state index contributed by atoms with van der Waals surface area (Å²) in [5.41, 5.74) is 23.7. The Bertz CT molecular complexity index is 4870. The summed E-state index contributed by atoms with van der Waals surface area (Å²) in [6.45, 7) is 14.0. The largest absolute Gasteiger partial charge is 0.308 e. The summed E-state index contributed by atoms with van der Waals surface area (Å²) in [5.74, 6) is 0. The zero-order valence-electron chi connectivity index (χ0n) is 48.0. The summed E-state index contributed by atoms with van der Waals surface area (Å²) in [6, 6.07) is 78.4. The molecule has 11 heteroatoms. The lowest BCUT2D eigenvalue weighted by Crippen LogP contribution is -2.33. The number of anilines is 6. The van der Waals surface area contributed by atoms with Gasteiger partial charge < -0.3 is 9.80 Å². The van der Waals surface area contributed by atoms with E-state index in [1.165, 1.54) is 76.7 Å². The topological polar surface area (TPSA) is 58.0 Å². The van der Waals surface area contributed by atoms with E-state index in [1.807, 2.05) is 36.4 Å². The highest BCUT2D eigenvalue weighted by Crippen LogP contribution is 2.59. The van der Waals surface area contributed by atoms with Gasteiger partial charge in [-0.25, -0.2) is 19.9 Å². The Kier molecular flexibility index (Phi) is 13.7. The predicted molar refractivity (Wildman–Crippen MR) is 375 cm³/mol. The van der Waals surface area contributed by atoms with Gasteiger partial charge in [0.25, 0.3) is 0 Å². The molecular formula is C74H61Br2N6PS2. The van der Waals surface area contributed by atoms with Crippen LogP contribution >= 0.6 is 64.4 Å². The van der Waals surface area contributed by atoms with Crippen LogP contribution in [0.2, 0.25) is 0 Å². The Morgan fingerprint density at radius 3 is 1.08 bits per heavy atom. The monoisotopic (exact) mass is 1290 g/mol. The summed E-state index contributed by atoms with van der Waals surface area (Å²) in [5, 5.41) is 2.27. The van der Waals surface area contributed by atoms with Crippen LogP contribution in [0.1, 0.15) is 87.5 Å². The van der Waals surface area contributed by atoms with Crippen molar-refractivity contribution < 1.29 is 1.43 Å². The Morgan fingerprint density at radius 1 is 0.353 bits per heavy atom. The highest BCUT2D eigenvalue weighted by atomic mass is 79.9. The van der Waals surface area contributed by atoms with E-state index in [0.717, 1.165) is 80.3 Å². The van der Waals surface area contributed by atoms with Crippen molar-refractivity contribution in [2.24, 2.45) is 0 Å². The van der Waals surface area contributed by atoms with Gasteiger partial charge in [0.2, 0.25) is 0 Å². The number of nitrogens with zero attached hydrogens (tertiary/aromatic N) is 6. The Labute approximate surface area is 524 Å². The molecule has 0 radical (unpaired) electrons. The fourth-order valence-electron chi connectivity index (χ4n) is 13.4. The van der Waals surface area contributed by atoms with E-state index in [1.54, 1.807) is 22.7 Å². The number of para-hydroxylation sites is 8. The van der Waals surface area contributed by atoms with Gasteiger partial charge in [0, 0.05) is 46.8 Å². The Morgan fingerprint density at radius 2 is 0.659 bits per heavy atom. The van der Waals surface area contributed by atoms with Crippen molar-refractivity contribution >= 4 is 161 Å². The maximum absolute atomic E-state index is 5.21. The molecule has 1 aliphatic carbocycles. The van der Waals surface area contributed by atoms with Crippen molar-refractivity contribution in [2.75, 3.05) is 9.80 Å². The van der Waals surface area contributed by atoms with Gasteiger partial charge in [-0.05, 0) is 156 Å². The van der Waals surface area contributed by atoms with Gasteiger partial charge in [-0.2, -0.15) is 9.90 Å². The van der Waals surface area contributed by atoms with Crippen molar-refractivity contribution in [3.63, 3.8) is 0 Å². The van der Waals surface area contributed by atoms with Crippen LogP contribution in [0.15, 0.2) is 227 Å². The van der Waals surface area contributed by atoms with Crippen molar-refractivity contribution in [1.29, 1.82) is 0 Å². The molecule has 0 amide bonds. The maximum Gasteiger partial charge on any atom is 0.143 e. The second-order valence-electron chi connectivity index (χ2n) is 23.6.